The number of nitrogens with two attached hydrogens (primary N) is 1. The molecule has 0 fully saturated rings. The largest absolute Gasteiger partial charge is 0.479 e. The van der Waals surface area contributed by atoms with Gasteiger partial charge in [-0.3, -0.25) is 9.59 Å². The molecule has 0 spiro atoms. The molecule has 27 heavy (non-hydrogen) atoms. The molecule has 2 aromatic rings. The van der Waals surface area contributed by atoms with Crippen LogP contribution < -0.4 is 21.1 Å². The number of fused-ring (bicyclic) bond motifs is 1. The fourth-order valence-electron chi connectivity index (χ4n) is 3.01. The first-order valence-electron chi connectivity index (χ1n) is 9.25. The normalized spacial score (nSPS) is 16.7. The van der Waals surface area contributed by atoms with Crippen molar-refractivity contribution in [2.24, 2.45) is 5.73 Å². The maximum Gasteiger partial charge on any atom is 0.265 e. The third-order valence-electron chi connectivity index (χ3n) is 4.63. The maximum atomic E-state index is 12.0. The van der Waals surface area contributed by atoms with Crippen LogP contribution in [0, 0.1) is 0 Å². The quantitative estimate of drug-likeness (QED) is 0.656. The van der Waals surface area contributed by atoms with E-state index in [1.54, 1.807) is 19.1 Å². The van der Waals surface area contributed by atoms with Gasteiger partial charge in [0.2, 0.25) is 0 Å². The average molecular weight is 367 g/mol. The first kappa shape index (κ1) is 18.9. The maximum absolute atomic E-state index is 12.0. The van der Waals surface area contributed by atoms with Crippen molar-refractivity contribution >= 4 is 17.5 Å². The molecule has 4 N–H and O–H groups in total. The van der Waals surface area contributed by atoms with Crippen LogP contribution in [0.15, 0.2) is 48.5 Å². The number of rotatable bonds is 7. The Labute approximate surface area is 159 Å². The molecule has 6 nitrogen and oxygen atoms in total. The van der Waals surface area contributed by atoms with E-state index in [0.29, 0.717) is 23.5 Å². The molecule has 0 saturated heterocycles. The number of carbonyl (C=O) groups is 2. The molecule has 2 aromatic carbocycles. The van der Waals surface area contributed by atoms with Crippen molar-refractivity contribution in [2.45, 2.75) is 38.3 Å². The standard InChI is InChI=1S/C21H25N3O3/c1-14-20(25)24-18-13-16(10-11-19(18)27-14)17(22)9-5-6-12-23-21(26)15-7-3-2-4-8-15/h2-4,7-8,10-11,13-14,17H,5-6,9,12,22H2,1H3,(H,23,26)(H,24,25). The van der Waals surface area contributed by atoms with Gasteiger partial charge in [0.15, 0.2) is 6.10 Å². The summed E-state index contributed by atoms with van der Waals surface area (Å²) in [6.07, 6.45) is 2.07. The Morgan fingerprint density at radius 3 is 2.78 bits per heavy atom. The molecule has 142 valence electrons. The number of unbranched alkanes of at least 4 members (excludes halogenated alkanes) is 1. The van der Waals surface area contributed by atoms with Crippen molar-refractivity contribution in [2.75, 3.05) is 11.9 Å². The summed E-state index contributed by atoms with van der Waals surface area (Å²) in [5.41, 5.74) is 8.58. The van der Waals surface area contributed by atoms with E-state index in [9.17, 15) is 9.59 Å². The molecular weight excluding hydrogens is 342 g/mol. The Hall–Kier alpha value is -2.86. The number of anilines is 1. The molecule has 3 rings (SSSR count). The van der Waals surface area contributed by atoms with E-state index in [2.05, 4.69) is 10.6 Å². The summed E-state index contributed by atoms with van der Waals surface area (Å²) >= 11 is 0. The second-order valence-electron chi connectivity index (χ2n) is 6.73. The van der Waals surface area contributed by atoms with Crippen molar-refractivity contribution in [1.82, 2.24) is 5.32 Å². The highest BCUT2D eigenvalue weighted by molar-refractivity contribution is 5.97. The predicted octanol–water partition coefficient (Wildman–Crippen LogP) is 3.01. The van der Waals surface area contributed by atoms with Crippen molar-refractivity contribution in [1.29, 1.82) is 0 Å². The summed E-state index contributed by atoms with van der Waals surface area (Å²) in [6.45, 7) is 2.33. The van der Waals surface area contributed by atoms with E-state index >= 15 is 0 Å². The van der Waals surface area contributed by atoms with E-state index in [1.807, 2.05) is 36.4 Å². The van der Waals surface area contributed by atoms with Crippen molar-refractivity contribution < 1.29 is 14.3 Å². The molecule has 1 heterocycles. The molecule has 1 aliphatic heterocycles. The van der Waals surface area contributed by atoms with Gasteiger partial charge in [0.25, 0.3) is 11.8 Å². The second kappa shape index (κ2) is 8.68. The lowest BCUT2D eigenvalue weighted by molar-refractivity contribution is -0.122. The molecule has 0 radical (unpaired) electrons. The number of carbonyl (C=O) groups excluding carboxylic acids is 2. The Morgan fingerprint density at radius 2 is 2.00 bits per heavy atom. The Bertz CT molecular complexity index is 808. The van der Waals surface area contributed by atoms with Crippen LogP contribution in [0.4, 0.5) is 5.69 Å². The number of amides is 2. The Morgan fingerprint density at radius 1 is 1.22 bits per heavy atom. The zero-order chi connectivity index (χ0) is 19.2. The van der Waals surface area contributed by atoms with Crippen LogP contribution in [0.1, 0.15) is 48.1 Å². The molecule has 0 bridgehead atoms. The van der Waals surface area contributed by atoms with Gasteiger partial charge in [-0.1, -0.05) is 24.3 Å². The summed E-state index contributed by atoms with van der Waals surface area (Å²) < 4.78 is 5.56. The van der Waals surface area contributed by atoms with Crippen molar-refractivity contribution in [3.05, 3.63) is 59.7 Å². The van der Waals surface area contributed by atoms with Crippen LogP contribution in [-0.2, 0) is 4.79 Å². The molecule has 2 unspecified atom stereocenters. The van der Waals surface area contributed by atoms with Crippen LogP contribution >= 0.6 is 0 Å². The van der Waals surface area contributed by atoms with Gasteiger partial charge in [-0.25, -0.2) is 0 Å². The first-order valence-corrected chi connectivity index (χ1v) is 9.25. The minimum Gasteiger partial charge on any atom is -0.479 e. The lowest BCUT2D eigenvalue weighted by Gasteiger charge is -2.24. The third-order valence-corrected chi connectivity index (χ3v) is 4.63. The van der Waals surface area contributed by atoms with Crippen LogP contribution in [-0.4, -0.2) is 24.5 Å². The minimum absolute atomic E-state index is 0.0560. The van der Waals surface area contributed by atoms with Gasteiger partial charge in [0.1, 0.15) is 5.75 Å². The number of benzene rings is 2. The molecule has 1 aliphatic rings. The molecule has 2 atom stereocenters. The summed E-state index contributed by atoms with van der Waals surface area (Å²) in [6, 6.07) is 14.7. The molecule has 2 amide bonds. The fourth-order valence-corrected chi connectivity index (χ4v) is 3.01. The highest BCUT2D eigenvalue weighted by Crippen LogP contribution is 2.32. The number of nitrogens with one attached hydrogen (secondary N) is 2. The summed E-state index contributed by atoms with van der Waals surface area (Å²) in [5.74, 6) is 0.462. The lowest BCUT2D eigenvalue weighted by Crippen LogP contribution is -2.34. The molecule has 0 saturated carbocycles. The second-order valence-corrected chi connectivity index (χ2v) is 6.73. The predicted molar refractivity (Wildman–Crippen MR) is 105 cm³/mol. The topological polar surface area (TPSA) is 93.4 Å². The third kappa shape index (κ3) is 4.86. The molecule has 0 aliphatic carbocycles. The number of hydrogen-bond donors (Lipinski definition) is 3. The molecule has 0 aromatic heterocycles. The van der Waals surface area contributed by atoms with Crippen LogP contribution in [0.2, 0.25) is 0 Å². The summed E-state index contributed by atoms with van der Waals surface area (Å²) in [7, 11) is 0. The Kier molecular flexibility index (Phi) is 6.08. The van der Waals surface area contributed by atoms with Gasteiger partial charge < -0.3 is 21.1 Å². The minimum atomic E-state index is -0.483. The summed E-state index contributed by atoms with van der Waals surface area (Å²) in [5, 5.41) is 5.76. The Balaban J connectivity index is 1.43. The molecule has 6 heteroatoms. The highest BCUT2D eigenvalue weighted by atomic mass is 16.5. The molecular formula is C21H25N3O3. The van der Waals surface area contributed by atoms with E-state index in [4.69, 9.17) is 10.5 Å². The SMILES string of the molecule is CC1Oc2ccc(C(N)CCCCNC(=O)c3ccccc3)cc2NC1=O. The van der Waals surface area contributed by atoms with Gasteiger partial charge >= 0.3 is 0 Å². The van der Waals surface area contributed by atoms with Gasteiger partial charge in [-0.15, -0.1) is 0 Å². The van der Waals surface area contributed by atoms with Gasteiger partial charge in [-0.2, -0.15) is 0 Å². The van der Waals surface area contributed by atoms with Crippen LogP contribution in [0.3, 0.4) is 0 Å². The van der Waals surface area contributed by atoms with E-state index in [-0.39, 0.29) is 17.9 Å². The van der Waals surface area contributed by atoms with E-state index in [1.165, 1.54) is 0 Å². The zero-order valence-electron chi connectivity index (χ0n) is 15.4. The van der Waals surface area contributed by atoms with Crippen molar-refractivity contribution in [3.8, 4) is 5.75 Å². The van der Waals surface area contributed by atoms with Gasteiger partial charge in [-0.05, 0) is 56.0 Å². The number of hydrogen-bond acceptors (Lipinski definition) is 4. The van der Waals surface area contributed by atoms with Crippen LogP contribution in [0.25, 0.3) is 0 Å². The van der Waals surface area contributed by atoms with Gasteiger partial charge in [0, 0.05) is 18.2 Å². The smallest absolute Gasteiger partial charge is 0.265 e. The van der Waals surface area contributed by atoms with Gasteiger partial charge in [0.05, 0.1) is 5.69 Å². The van der Waals surface area contributed by atoms with E-state index in [0.717, 1.165) is 24.8 Å². The lowest BCUT2D eigenvalue weighted by atomic mass is 10.0. The highest BCUT2D eigenvalue weighted by Gasteiger charge is 2.24. The average Bonchev–Trinajstić information content (AvgIpc) is 2.68. The van der Waals surface area contributed by atoms with E-state index < -0.39 is 6.10 Å². The number of ether oxygens (including phenoxy) is 1. The van der Waals surface area contributed by atoms with Crippen LogP contribution in [0.5, 0.6) is 5.75 Å². The fraction of sp³-hybridized carbons (Fsp3) is 0.333. The van der Waals surface area contributed by atoms with Crippen molar-refractivity contribution in [3.63, 3.8) is 0 Å². The summed E-state index contributed by atoms with van der Waals surface area (Å²) in [4.78, 5) is 23.7. The zero-order valence-corrected chi connectivity index (χ0v) is 15.4. The monoisotopic (exact) mass is 367 g/mol. The first-order chi connectivity index (χ1) is 13.0.